The Hall–Kier alpha value is -1.69. The average molecular weight is 327 g/mol. The summed E-state index contributed by atoms with van der Waals surface area (Å²) in [6, 6.07) is 1.76. The number of piperidine rings is 1. The first-order chi connectivity index (χ1) is 10.2. The van der Waals surface area contributed by atoms with Crippen LogP contribution in [0.2, 0.25) is 5.02 Å². The summed E-state index contributed by atoms with van der Waals surface area (Å²) in [5.41, 5.74) is 12.2. The summed E-state index contributed by atoms with van der Waals surface area (Å²) in [6.07, 6.45) is 1.33. The smallest absolute Gasteiger partial charge is 0.410 e. The molecule has 22 heavy (non-hydrogen) atoms. The number of likely N-dealkylation sites (tertiary alicyclic amines) is 1. The van der Waals surface area contributed by atoms with Crippen LogP contribution in [0.25, 0.3) is 0 Å². The Labute approximate surface area is 135 Å². The van der Waals surface area contributed by atoms with Gasteiger partial charge in [-0.05, 0) is 39.7 Å². The number of nitrogens with zero attached hydrogens (tertiary/aromatic N) is 2. The second-order valence-electron chi connectivity index (χ2n) is 6.57. The second-order valence-corrected chi connectivity index (χ2v) is 6.98. The first-order valence-electron chi connectivity index (χ1n) is 7.36. The number of anilines is 2. The van der Waals surface area contributed by atoms with E-state index in [4.69, 9.17) is 27.8 Å². The maximum absolute atomic E-state index is 12.0. The van der Waals surface area contributed by atoms with Crippen LogP contribution in [0.5, 0.6) is 0 Å². The molecule has 1 amide bonds. The lowest BCUT2D eigenvalue weighted by Crippen LogP contribution is -2.41. The van der Waals surface area contributed by atoms with Crippen molar-refractivity contribution in [3.8, 4) is 0 Å². The zero-order valence-corrected chi connectivity index (χ0v) is 14.0. The predicted molar refractivity (Wildman–Crippen MR) is 87.9 cm³/mol. The molecule has 0 bridgehead atoms. The highest BCUT2D eigenvalue weighted by Crippen LogP contribution is 2.32. The third-order valence-electron chi connectivity index (χ3n) is 3.62. The lowest BCUT2D eigenvalue weighted by atomic mass is 9.93. The van der Waals surface area contributed by atoms with Crippen molar-refractivity contribution in [2.75, 3.05) is 24.6 Å². The SMILES string of the molecule is CC(C)(C)OC(=O)N1CCC(c2cc(Cl)c(N)c(N)n2)CC1. The topological polar surface area (TPSA) is 94.5 Å². The number of hydrogen-bond acceptors (Lipinski definition) is 5. The van der Waals surface area contributed by atoms with Gasteiger partial charge in [-0.1, -0.05) is 11.6 Å². The van der Waals surface area contributed by atoms with Gasteiger partial charge in [-0.25, -0.2) is 9.78 Å². The normalized spacial score (nSPS) is 16.6. The number of pyridine rings is 1. The molecule has 1 aromatic rings. The van der Waals surface area contributed by atoms with Crippen molar-refractivity contribution in [1.29, 1.82) is 0 Å². The van der Waals surface area contributed by atoms with E-state index in [1.807, 2.05) is 20.8 Å². The van der Waals surface area contributed by atoms with Crippen molar-refractivity contribution in [2.45, 2.75) is 45.1 Å². The summed E-state index contributed by atoms with van der Waals surface area (Å²) in [6.45, 7) is 6.84. The van der Waals surface area contributed by atoms with E-state index in [-0.39, 0.29) is 17.8 Å². The Morgan fingerprint density at radius 1 is 1.36 bits per heavy atom. The molecule has 4 N–H and O–H groups in total. The second kappa shape index (κ2) is 6.20. The first-order valence-corrected chi connectivity index (χ1v) is 7.74. The number of carbonyl (C=O) groups excluding carboxylic acids is 1. The van der Waals surface area contributed by atoms with Gasteiger partial charge in [0.15, 0.2) is 0 Å². The monoisotopic (exact) mass is 326 g/mol. The van der Waals surface area contributed by atoms with Gasteiger partial charge in [0.05, 0.1) is 10.7 Å². The van der Waals surface area contributed by atoms with Crippen molar-refractivity contribution in [1.82, 2.24) is 9.88 Å². The summed E-state index contributed by atoms with van der Waals surface area (Å²) in [5, 5.41) is 0.428. The maximum atomic E-state index is 12.0. The third-order valence-corrected chi connectivity index (χ3v) is 3.94. The van der Waals surface area contributed by atoms with Gasteiger partial charge in [0.1, 0.15) is 11.4 Å². The van der Waals surface area contributed by atoms with E-state index in [9.17, 15) is 4.79 Å². The van der Waals surface area contributed by atoms with Crippen molar-refractivity contribution in [2.24, 2.45) is 0 Å². The van der Waals surface area contributed by atoms with Gasteiger partial charge in [0.25, 0.3) is 0 Å². The molecule has 0 unspecified atom stereocenters. The minimum Gasteiger partial charge on any atom is -0.444 e. The Morgan fingerprint density at radius 2 is 1.95 bits per heavy atom. The van der Waals surface area contributed by atoms with Crippen molar-refractivity contribution in [3.05, 3.63) is 16.8 Å². The van der Waals surface area contributed by atoms with Crippen LogP contribution in [0.15, 0.2) is 6.07 Å². The molecule has 2 rings (SSSR count). The Morgan fingerprint density at radius 3 is 2.45 bits per heavy atom. The highest BCUT2D eigenvalue weighted by atomic mass is 35.5. The number of nitrogen functional groups attached to an aromatic ring is 2. The quantitative estimate of drug-likeness (QED) is 0.827. The number of hydrogen-bond donors (Lipinski definition) is 2. The number of nitrogens with two attached hydrogens (primary N) is 2. The molecule has 0 radical (unpaired) electrons. The summed E-state index contributed by atoms with van der Waals surface area (Å²) in [5.74, 6) is 0.483. The van der Waals surface area contributed by atoms with E-state index in [1.165, 1.54) is 0 Å². The van der Waals surface area contributed by atoms with Crippen molar-refractivity contribution >= 4 is 29.2 Å². The molecule has 0 aliphatic carbocycles. The zero-order chi connectivity index (χ0) is 16.5. The van der Waals surface area contributed by atoms with Gasteiger partial charge in [-0.15, -0.1) is 0 Å². The summed E-state index contributed by atoms with van der Waals surface area (Å²) in [7, 11) is 0. The van der Waals surface area contributed by atoms with Crippen LogP contribution in [0.3, 0.4) is 0 Å². The number of carbonyl (C=O) groups is 1. The molecular formula is C15H23ClN4O2. The van der Waals surface area contributed by atoms with Gasteiger partial charge < -0.3 is 21.1 Å². The Kier molecular flexibility index (Phi) is 4.70. The van der Waals surface area contributed by atoms with Crippen LogP contribution in [-0.4, -0.2) is 34.7 Å². The largest absolute Gasteiger partial charge is 0.444 e. The van der Waals surface area contributed by atoms with E-state index in [0.29, 0.717) is 23.8 Å². The Bertz CT molecular complexity index is 540. The minimum atomic E-state index is -0.478. The molecule has 0 atom stereocenters. The van der Waals surface area contributed by atoms with Crippen LogP contribution in [-0.2, 0) is 4.74 Å². The van der Waals surface area contributed by atoms with Gasteiger partial charge in [0.2, 0.25) is 0 Å². The predicted octanol–water partition coefficient (Wildman–Crippen LogP) is 3.01. The number of aromatic nitrogens is 1. The van der Waals surface area contributed by atoms with E-state index in [0.717, 1.165) is 18.5 Å². The number of amides is 1. The summed E-state index contributed by atoms with van der Waals surface area (Å²) in [4.78, 5) is 18.1. The standard InChI is InChI=1S/C15H23ClN4O2/c1-15(2,3)22-14(21)20-6-4-9(5-7-20)11-8-10(16)12(17)13(18)19-11/h8-9H,4-7,17H2,1-3H3,(H2,18,19). The molecular weight excluding hydrogens is 304 g/mol. The fraction of sp³-hybridized carbons (Fsp3) is 0.600. The van der Waals surface area contributed by atoms with Gasteiger partial charge in [-0.2, -0.15) is 0 Å². The van der Waals surface area contributed by atoms with Crippen LogP contribution < -0.4 is 11.5 Å². The fourth-order valence-corrected chi connectivity index (χ4v) is 2.66. The van der Waals surface area contributed by atoms with E-state index >= 15 is 0 Å². The van der Waals surface area contributed by atoms with Gasteiger partial charge in [0, 0.05) is 24.7 Å². The molecule has 6 nitrogen and oxygen atoms in total. The van der Waals surface area contributed by atoms with Gasteiger partial charge >= 0.3 is 6.09 Å². The van der Waals surface area contributed by atoms with Crippen LogP contribution in [0.4, 0.5) is 16.3 Å². The maximum Gasteiger partial charge on any atom is 0.410 e. The fourth-order valence-electron chi connectivity index (χ4n) is 2.45. The highest BCUT2D eigenvalue weighted by molar-refractivity contribution is 6.33. The highest BCUT2D eigenvalue weighted by Gasteiger charge is 2.28. The molecule has 0 spiro atoms. The average Bonchev–Trinajstić information content (AvgIpc) is 2.42. The number of rotatable bonds is 1. The van der Waals surface area contributed by atoms with Crippen molar-refractivity contribution < 1.29 is 9.53 Å². The molecule has 122 valence electrons. The number of ether oxygens (including phenoxy) is 1. The zero-order valence-electron chi connectivity index (χ0n) is 13.2. The first kappa shape index (κ1) is 16.7. The lowest BCUT2D eigenvalue weighted by Gasteiger charge is -2.33. The third kappa shape index (κ3) is 3.94. The van der Waals surface area contributed by atoms with Crippen LogP contribution >= 0.6 is 11.6 Å². The van der Waals surface area contributed by atoms with Crippen LogP contribution in [0.1, 0.15) is 45.2 Å². The van der Waals surface area contributed by atoms with Crippen LogP contribution in [0, 0.1) is 0 Å². The van der Waals surface area contributed by atoms with Crippen molar-refractivity contribution in [3.63, 3.8) is 0 Å². The molecule has 1 aliphatic rings. The Balaban J connectivity index is 1.99. The lowest BCUT2D eigenvalue weighted by molar-refractivity contribution is 0.0204. The van der Waals surface area contributed by atoms with E-state index < -0.39 is 5.60 Å². The summed E-state index contributed by atoms with van der Waals surface area (Å²) >= 11 is 6.06. The molecule has 1 fully saturated rings. The number of halogens is 1. The molecule has 1 aliphatic heterocycles. The van der Waals surface area contributed by atoms with E-state index in [1.54, 1.807) is 11.0 Å². The molecule has 7 heteroatoms. The van der Waals surface area contributed by atoms with Gasteiger partial charge in [-0.3, -0.25) is 0 Å². The molecule has 1 saturated heterocycles. The van der Waals surface area contributed by atoms with E-state index in [2.05, 4.69) is 4.98 Å². The minimum absolute atomic E-state index is 0.221. The molecule has 0 aromatic carbocycles. The molecule has 1 aromatic heterocycles. The molecule has 2 heterocycles. The summed E-state index contributed by atoms with van der Waals surface area (Å²) < 4.78 is 5.39. The molecule has 0 saturated carbocycles.